The number of aromatic hydroxyl groups is 1. The minimum absolute atomic E-state index is 0. The molecule has 0 aromatic heterocycles. The first-order valence-electron chi connectivity index (χ1n) is 2.04. The summed E-state index contributed by atoms with van der Waals surface area (Å²) in [6.45, 7) is 0. The van der Waals surface area contributed by atoms with E-state index in [1.807, 2.05) is 0 Å². The van der Waals surface area contributed by atoms with Crippen LogP contribution in [0, 0.1) is 6.07 Å². The summed E-state index contributed by atoms with van der Waals surface area (Å²) < 4.78 is 0. The normalized spacial score (nSPS) is 7.50. The molecule has 8 heavy (non-hydrogen) atoms. The first-order chi connectivity index (χ1) is 3.39. The van der Waals surface area contributed by atoms with Gasteiger partial charge >= 0.3 is 18.9 Å². The molecule has 1 aromatic rings. The van der Waals surface area contributed by atoms with Crippen molar-refractivity contribution in [2.45, 2.75) is 0 Å². The van der Waals surface area contributed by atoms with Crippen molar-refractivity contribution in [1.29, 1.82) is 0 Å². The van der Waals surface area contributed by atoms with E-state index in [0.29, 0.717) is 5.75 Å². The monoisotopic (exact) mass is 101 g/mol. The maximum atomic E-state index is 8.61. The average Bonchev–Trinajstić information content (AvgIpc) is 1.69. The molecule has 0 saturated carbocycles. The second-order valence-corrected chi connectivity index (χ2v) is 1.26. The van der Waals surface area contributed by atoms with E-state index in [2.05, 4.69) is 6.07 Å². The van der Waals surface area contributed by atoms with E-state index in [9.17, 15) is 0 Å². The molecule has 1 aromatic carbocycles. The van der Waals surface area contributed by atoms with Crippen LogP contribution in [0.2, 0.25) is 0 Å². The van der Waals surface area contributed by atoms with Crippen LogP contribution >= 0.6 is 0 Å². The second-order valence-electron chi connectivity index (χ2n) is 1.26. The Morgan fingerprint density at radius 3 is 2.00 bits per heavy atom. The van der Waals surface area contributed by atoms with Gasteiger partial charge in [-0.3, -0.25) is 0 Å². The molecule has 1 radical (unpaired) electrons. The number of hydrogen-bond acceptors (Lipinski definition) is 1. The Hall–Kier alpha value is -0.383. The quantitative estimate of drug-likeness (QED) is 0.473. The predicted octanol–water partition coefficient (Wildman–Crippen LogP) is 0.544. The van der Waals surface area contributed by atoms with Crippen LogP contribution in [0.5, 0.6) is 5.75 Å². The first kappa shape index (κ1) is 7.62. The number of benzene rings is 1. The third kappa shape index (κ3) is 2.06. The Morgan fingerprint density at radius 1 is 1.25 bits per heavy atom. The zero-order valence-electron chi connectivity index (χ0n) is 3.76. The Kier molecular flexibility index (Phi) is 3.43. The first-order valence-corrected chi connectivity index (χ1v) is 2.04. The third-order valence-electron chi connectivity index (χ3n) is 0.701. The van der Waals surface area contributed by atoms with E-state index >= 15 is 0 Å². The Labute approximate surface area is 60.5 Å². The Balaban J connectivity index is 0.000000490. The molecular weight excluding hydrogens is 95.0 g/mol. The third-order valence-corrected chi connectivity index (χ3v) is 0.701. The maximum absolute atomic E-state index is 8.61. The molecule has 0 saturated heterocycles. The summed E-state index contributed by atoms with van der Waals surface area (Å²) in [7, 11) is 0. The predicted molar refractivity (Wildman–Crippen MR) is 34.1 cm³/mol. The van der Waals surface area contributed by atoms with Gasteiger partial charge in [0.05, 0.1) is 0 Å². The van der Waals surface area contributed by atoms with E-state index in [0.717, 1.165) is 0 Å². The van der Waals surface area contributed by atoms with Gasteiger partial charge in [0.15, 0.2) is 0 Å². The van der Waals surface area contributed by atoms with Crippen molar-refractivity contribution < 1.29 is 5.11 Å². The number of phenolic OH excluding ortho intramolecular Hbond substituents is 1. The van der Waals surface area contributed by atoms with Crippen LogP contribution in [-0.2, 0) is 0 Å². The molecule has 0 atom stereocenters. The van der Waals surface area contributed by atoms with E-state index in [4.69, 9.17) is 5.11 Å². The summed E-state index contributed by atoms with van der Waals surface area (Å²) in [5, 5.41) is 8.61. The van der Waals surface area contributed by atoms with E-state index in [1.54, 1.807) is 24.3 Å². The van der Waals surface area contributed by atoms with Gasteiger partial charge in [-0.15, -0.1) is 0 Å². The topological polar surface area (TPSA) is 20.2 Å². The molecule has 0 spiro atoms. The zero-order chi connectivity index (χ0) is 5.11. The van der Waals surface area contributed by atoms with Crippen LogP contribution in [0.15, 0.2) is 24.3 Å². The van der Waals surface area contributed by atoms with Crippen molar-refractivity contribution in [2.24, 2.45) is 0 Å². The van der Waals surface area contributed by atoms with Gasteiger partial charge in [-0.1, -0.05) is 12.1 Å². The Morgan fingerprint density at radius 2 is 1.75 bits per heavy atom. The number of hydrogen-bond donors (Lipinski definition) is 1. The fourth-order valence-corrected chi connectivity index (χ4v) is 0.378. The van der Waals surface area contributed by atoms with E-state index in [1.165, 1.54) is 0 Å². The van der Waals surface area contributed by atoms with E-state index < -0.39 is 0 Å². The van der Waals surface area contributed by atoms with Gasteiger partial charge in [-0.05, 0) is 18.2 Å². The number of phenols is 1. The molecule has 0 fully saturated rings. The average molecular weight is 101 g/mol. The molecular formula is C6H6LiO. The molecule has 2 heteroatoms. The van der Waals surface area contributed by atoms with Gasteiger partial charge in [0.2, 0.25) is 0 Å². The summed E-state index contributed by atoms with van der Waals surface area (Å²) in [6, 6.07) is 9.26. The number of rotatable bonds is 0. The van der Waals surface area contributed by atoms with Crippen molar-refractivity contribution in [3.63, 3.8) is 0 Å². The van der Waals surface area contributed by atoms with Gasteiger partial charge in [0.25, 0.3) is 0 Å². The van der Waals surface area contributed by atoms with E-state index in [-0.39, 0.29) is 18.9 Å². The summed E-state index contributed by atoms with van der Waals surface area (Å²) >= 11 is 0. The SMILES string of the molecule is Oc1cc[c]cc1.[LiH]. The van der Waals surface area contributed by atoms with Crippen molar-refractivity contribution in [2.75, 3.05) is 0 Å². The van der Waals surface area contributed by atoms with Gasteiger partial charge in [-0.2, -0.15) is 0 Å². The Bertz CT molecular complexity index is 138. The molecule has 0 bridgehead atoms. The molecule has 1 rings (SSSR count). The molecule has 0 aliphatic rings. The second kappa shape index (κ2) is 3.60. The van der Waals surface area contributed by atoms with Gasteiger partial charge in [0, 0.05) is 0 Å². The van der Waals surface area contributed by atoms with Crippen molar-refractivity contribution in [1.82, 2.24) is 0 Å². The van der Waals surface area contributed by atoms with Crippen molar-refractivity contribution >= 4 is 18.9 Å². The fourth-order valence-electron chi connectivity index (χ4n) is 0.378. The molecule has 1 nitrogen and oxygen atoms in total. The summed E-state index contributed by atoms with van der Waals surface area (Å²) in [4.78, 5) is 0. The van der Waals surface area contributed by atoms with Crippen molar-refractivity contribution in [3.8, 4) is 5.75 Å². The van der Waals surface area contributed by atoms with Crippen LogP contribution in [0.1, 0.15) is 0 Å². The molecule has 0 amide bonds. The van der Waals surface area contributed by atoms with Gasteiger partial charge in [0.1, 0.15) is 5.75 Å². The summed E-state index contributed by atoms with van der Waals surface area (Å²) in [5.41, 5.74) is 0. The molecule has 0 heterocycles. The fraction of sp³-hybridized carbons (Fsp3) is 0. The summed E-state index contributed by atoms with van der Waals surface area (Å²) in [5.74, 6) is 0.291. The molecule has 37 valence electrons. The summed E-state index contributed by atoms with van der Waals surface area (Å²) in [6.07, 6.45) is 0. The zero-order valence-corrected chi connectivity index (χ0v) is 3.76. The molecule has 0 aliphatic carbocycles. The van der Waals surface area contributed by atoms with Crippen LogP contribution < -0.4 is 0 Å². The standard InChI is InChI=1S/C6H5O.Li.H/c7-6-4-2-1-3-5-6;;/h2-5,7H;;. The molecule has 0 unspecified atom stereocenters. The van der Waals surface area contributed by atoms with Crippen LogP contribution in [0.4, 0.5) is 0 Å². The van der Waals surface area contributed by atoms with Crippen LogP contribution in [-0.4, -0.2) is 24.0 Å². The molecule has 1 N–H and O–H groups in total. The van der Waals surface area contributed by atoms with Crippen LogP contribution in [0.25, 0.3) is 0 Å². The van der Waals surface area contributed by atoms with Crippen molar-refractivity contribution in [3.05, 3.63) is 30.3 Å². The minimum atomic E-state index is 0. The molecule has 0 aliphatic heterocycles. The van der Waals surface area contributed by atoms with Gasteiger partial charge < -0.3 is 5.11 Å². The van der Waals surface area contributed by atoms with Crippen LogP contribution in [0.3, 0.4) is 0 Å². The van der Waals surface area contributed by atoms with Gasteiger partial charge in [-0.25, -0.2) is 0 Å².